The van der Waals surface area contributed by atoms with Crippen LogP contribution in [0.4, 0.5) is 5.82 Å². The SMILES string of the molecule is CCCN(CCC)Cc1ccc(NC)nc1. The fourth-order valence-electron chi connectivity index (χ4n) is 1.83. The van der Waals surface area contributed by atoms with Crippen LogP contribution in [-0.4, -0.2) is 30.0 Å². The predicted molar refractivity (Wildman–Crippen MR) is 69.6 cm³/mol. The van der Waals surface area contributed by atoms with E-state index in [9.17, 15) is 0 Å². The van der Waals surface area contributed by atoms with Gasteiger partial charge in [-0.1, -0.05) is 19.9 Å². The minimum atomic E-state index is 0.932. The number of nitrogens with one attached hydrogen (secondary N) is 1. The second-order valence-corrected chi connectivity index (χ2v) is 4.08. The van der Waals surface area contributed by atoms with Crippen molar-refractivity contribution in [1.82, 2.24) is 9.88 Å². The molecule has 0 aliphatic heterocycles. The second kappa shape index (κ2) is 7.23. The molecule has 0 radical (unpaired) electrons. The van der Waals surface area contributed by atoms with Crippen LogP contribution < -0.4 is 5.32 Å². The summed E-state index contributed by atoms with van der Waals surface area (Å²) in [6.45, 7) is 7.80. The molecule has 3 nitrogen and oxygen atoms in total. The second-order valence-electron chi connectivity index (χ2n) is 4.08. The van der Waals surface area contributed by atoms with Gasteiger partial charge >= 0.3 is 0 Å². The van der Waals surface area contributed by atoms with Gasteiger partial charge in [-0.25, -0.2) is 4.98 Å². The van der Waals surface area contributed by atoms with Gasteiger partial charge in [-0.15, -0.1) is 0 Å². The summed E-state index contributed by atoms with van der Waals surface area (Å²) in [5, 5.41) is 3.03. The molecule has 1 aromatic rings. The molecule has 0 aliphatic rings. The summed E-state index contributed by atoms with van der Waals surface area (Å²) in [6, 6.07) is 4.18. The molecular formula is C13H23N3. The third-order valence-electron chi connectivity index (χ3n) is 2.57. The Hall–Kier alpha value is -1.09. The van der Waals surface area contributed by atoms with E-state index in [4.69, 9.17) is 0 Å². The van der Waals surface area contributed by atoms with E-state index in [1.807, 2.05) is 19.3 Å². The Bertz CT molecular complexity index is 276. The first-order valence-electron chi connectivity index (χ1n) is 6.15. The zero-order valence-electron chi connectivity index (χ0n) is 10.7. The maximum absolute atomic E-state index is 4.33. The van der Waals surface area contributed by atoms with E-state index in [2.05, 4.69) is 35.1 Å². The lowest BCUT2D eigenvalue weighted by atomic mass is 10.2. The summed E-state index contributed by atoms with van der Waals surface area (Å²) >= 11 is 0. The normalized spacial score (nSPS) is 10.8. The van der Waals surface area contributed by atoms with Crippen molar-refractivity contribution in [3.8, 4) is 0 Å². The van der Waals surface area contributed by atoms with Crippen LogP contribution in [0.25, 0.3) is 0 Å². The minimum absolute atomic E-state index is 0.932. The van der Waals surface area contributed by atoms with Crippen LogP contribution in [0.3, 0.4) is 0 Å². The van der Waals surface area contributed by atoms with E-state index in [0.29, 0.717) is 0 Å². The van der Waals surface area contributed by atoms with Gasteiger partial charge in [0.1, 0.15) is 5.82 Å². The molecule has 1 N–H and O–H groups in total. The average Bonchev–Trinajstić information content (AvgIpc) is 2.31. The number of anilines is 1. The Morgan fingerprint density at radius 3 is 2.31 bits per heavy atom. The largest absolute Gasteiger partial charge is 0.373 e. The van der Waals surface area contributed by atoms with E-state index in [-0.39, 0.29) is 0 Å². The van der Waals surface area contributed by atoms with Gasteiger partial charge in [0, 0.05) is 19.8 Å². The van der Waals surface area contributed by atoms with Crippen molar-refractivity contribution in [2.45, 2.75) is 33.2 Å². The molecule has 1 heterocycles. The molecule has 1 rings (SSSR count). The molecule has 0 bridgehead atoms. The molecule has 0 unspecified atom stereocenters. The van der Waals surface area contributed by atoms with Crippen LogP contribution in [0.15, 0.2) is 18.3 Å². The summed E-state index contributed by atoms with van der Waals surface area (Å²) in [5.74, 6) is 0.932. The number of nitrogens with zero attached hydrogens (tertiary/aromatic N) is 2. The standard InChI is InChI=1S/C13H23N3/c1-4-8-16(9-5-2)11-12-6-7-13(14-3)15-10-12/h6-7,10H,4-5,8-9,11H2,1-3H3,(H,14,15). The lowest BCUT2D eigenvalue weighted by Crippen LogP contribution is -2.24. The maximum atomic E-state index is 4.33. The minimum Gasteiger partial charge on any atom is -0.373 e. The highest BCUT2D eigenvalue weighted by molar-refractivity contribution is 5.34. The molecule has 16 heavy (non-hydrogen) atoms. The summed E-state index contributed by atoms with van der Waals surface area (Å²) in [7, 11) is 1.89. The van der Waals surface area contributed by atoms with Crippen molar-refractivity contribution < 1.29 is 0 Å². The summed E-state index contributed by atoms with van der Waals surface area (Å²) in [6.07, 6.45) is 4.38. The molecule has 0 fully saturated rings. The first-order chi connectivity index (χ1) is 7.80. The van der Waals surface area contributed by atoms with Crippen LogP contribution in [0.1, 0.15) is 32.3 Å². The third-order valence-corrected chi connectivity index (χ3v) is 2.57. The van der Waals surface area contributed by atoms with Crippen LogP contribution in [0.2, 0.25) is 0 Å². The Balaban J connectivity index is 2.54. The Kier molecular flexibility index (Phi) is 5.86. The maximum Gasteiger partial charge on any atom is 0.125 e. The number of pyridine rings is 1. The van der Waals surface area contributed by atoms with Crippen LogP contribution in [-0.2, 0) is 6.54 Å². The van der Waals surface area contributed by atoms with Crippen molar-refractivity contribution in [2.75, 3.05) is 25.5 Å². The smallest absolute Gasteiger partial charge is 0.125 e. The van der Waals surface area contributed by atoms with Crippen LogP contribution >= 0.6 is 0 Å². The fourth-order valence-corrected chi connectivity index (χ4v) is 1.83. The highest BCUT2D eigenvalue weighted by atomic mass is 15.1. The summed E-state index contributed by atoms with van der Waals surface area (Å²) in [4.78, 5) is 6.81. The first-order valence-corrected chi connectivity index (χ1v) is 6.15. The molecule has 0 aliphatic carbocycles. The highest BCUT2D eigenvalue weighted by Gasteiger charge is 2.03. The molecule has 0 amide bonds. The van der Waals surface area contributed by atoms with Gasteiger partial charge in [-0.05, 0) is 37.6 Å². The first kappa shape index (κ1) is 13.0. The van der Waals surface area contributed by atoms with Gasteiger partial charge in [0.2, 0.25) is 0 Å². The number of rotatable bonds is 7. The van der Waals surface area contributed by atoms with Gasteiger partial charge in [-0.3, -0.25) is 4.90 Å². The van der Waals surface area contributed by atoms with Gasteiger partial charge in [0.15, 0.2) is 0 Å². The zero-order chi connectivity index (χ0) is 11.8. The lowest BCUT2D eigenvalue weighted by molar-refractivity contribution is 0.266. The van der Waals surface area contributed by atoms with Crippen LogP contribution in [0.5, 0.6) is 0 Å². The molecule has 90 valence electrons. The predicted octanol–water partition coefficient (Wildman–Crippen LogP) is 2.75. The van der Waals surface area contributed by atoms with Crippen molar-refractivity contribution in [3.63, 3.8) is 0 Å². The van der Waals surface area contributed by atoms with Gasteiger partial charge < -0.3 is 5.32 Å². The monoisotopic (exact) mass is 221 g/mol. The molecule has 0 aromatic carbocycles. The van der Waals surface area contributed by atoms with E-state index in [0.717, 1.165) is 12.4 Å². The lowest BCUT2D eigenvalue weighted by Gasteiger charge is -2.20. The van der Waals surface area contributed by atoms with Crippen molar-refractivity contribution >= 4 is 5.82 Å². The Morgan fingerprint density at radius 1 is 1.19 bits per heavy atom. The van der Waals surface area contributed by atoms with Gasteiger partial charge in [0.25, 0.3) is 0 Å². The van der Waals surface area contributed by atoms with Crippen molar-refractivity contribution in [2.24, 2.45) is 0 Å². The third kappa shape index (κ3) is 4.19. The molecule has 3 heteroatoms. The Morgan fingerprint density at radius 2 is 1.88 bits per heavy atom. The number of hydrogen-bond acceptors (Lipinski definition) is 3. The van der Waals surface area contributed by atoms with E-state index in [1.54, 1.807) is 0 Å². The highest BCUT2D eigenvalue weighted by Crippen LogP contribution is 2.08. The molecular weight excluding hydrogens is 198 g/mol. The molecule has 0 atom stereocenters. The van der Waals surface area contributed by atoms with Crippen molar-refractivity contribution in [3.05, 3.63) is 23.9 Å². The van der Waals surface area contributed by atoms with E-state index in [1.165, 1.54) is 31.5 Å². The number of hydrogen-bond donors (Lipinski definition) is 1. The topological polar surface area (TPSA) is 28.2 Å². The molecule has 1 aromatic heterocycles. The molecule has 0 saturated heterocycles. The zero-order valence-corrected chi connectivity index (χ0v) is 10.7. The summed E-state index contributed by atoms with van der Waals surface area (Å²) in [5.41, 5.74) is 1.29. The van der Waals surface area contributed by atoms with Gasteiger partial charge in [0.05, 0.1) is 0 Å². The Labute approximate surface area is 98.9 Å². The average molecular weight is 221 g/mol. The molecule has 0 saturated carbocycles. The summed E-state index contributed by atoms with van der Waals surface area (Å²) < 4.78 is 0. The fraction of sp³-hybridized carbons (Fsp3) is 0.615. The van der Waals surface area contributed by atoms with Gasteiger partial charge in [-0.2, -0.15) is 0 Å². The van der Waals surface area contributed by atoms with Crippen molar-refractivity contribution in [1.29, 1.82) is 0 Å². The number of aromatic nitrogens is 1. The van der Waals surface area contributed by atoms with E-state index >= 15 is 0 Å². The van der Waals surface area contributed by atoms with E-state index < -0.39 is 0 Å². The van der Waals surface area contributed by atoms with Crippen LogP contribution in [0, 0.1) is 0 Å². The quantitative estimate of drug-likeness (QED) is 0.767. The molecule has 0 spiro atoms.